The third-order valence-electron chi connectivity index (χ3n) is 4.17. The lowest BCUT2D eigenvalue weighted by molar-refractivity contribution is -0.102. The number of carbonyl (C=O) groups is 1. The van der Waals surface area contributed by atoms with Gasteiger partial charge in [-0.1, -0.05) is 0 Å². The van der Waals surface area contributed by atoms with E-state index in [-0.39, 0.29) is 0 Å². The summed E-state index contributed by atoms with van der Waals surface area (Å²) in [7, 11) is 1.98. The van der Waals surface area contributed by atoms with Crippen molar-refractivity contribution in [2.24, 2.45) is 10.7 Å². The van der Waals surface area contributed by atoms with Crippen LogP contribution in [0.2, 0.25) is 0 Å². The SMILES string of the molecule is CN(CCN1CCC(N)CC1)c1cc(C#N)ccc1N=CC=O. The van der Waals surface area contributed by atoms with Gasteiger partial charge in [-0.05, 0) is 44.1 Å². The van der Waals surface area contributed by atoms with Crippen molar-refractivity contribution in [3.63, 3.8) is 0 Å². The molecule has 0 radical (unpaired) electrons. The second kappa shape index (κ2) is 8.42. The molecule has 0 aliphatic carbocycles. The molecule has 122 valence electrons. The highest BCUT2D eigenvalue weighted by molar-refractivity contribution is 6.14. The van der Waals surface area contributed by atoms with Gasteiger partial charge in [-0.3, -0.25) is 9.79 Å². The first-order valence-corrected chi connectivity index (χ1v) is 7.85. The summed E-state index contributed by atoms with van der Waals surface area (Å²) in [6, 6.07) is 7.76. The van der Waals surface area contributed by atoms with Gasteiger partial charge in [0.25, 0.3) is 0 Å². The maximum absolute atomic E-state index is 10.5. The lowest BCUT2D eigenvalue weighted by Crippen LogP contribution is -2.42. The van der Waals surface area contributed by atoms with Gasteiger partial charge >= 0.3 is 0 Å². The molecule has 0 aromatic heterocycles. The molecule has 1 aliphatic heterocycles. The van der Waals surface area contributed by atoms with Gasteiger partial charge in [-0.2, -0.15) is 5.26 Å². The first kappa shape index (κ1) is 17.1. The Morgan fingerprint density at radius 2 is 2.22 bits per heavy atom. The zero-order valence-corrected chi connectivity index (χ0v) is 13.5. The third kappa shape index (κ3) is 4.88. The lowest BCUT2D eigenvalue weighted by atomic mass is 10.1. The highest BCUT2D eigenvalue weighted by Crippen LogP contribution is 2.28. The summed E-state index contributed by atoms with van der Waals surface area (Å²) in [5, 5.41) is 9.09. The Labute approximate surface area is 137 Å². The van der Waals surface area contributed by atoms with Gasteiger partial charge < -0.3 is 15.5 Å². The van der Waals surface area contributed by atoms with Crippen LogP contribution in [0.5, 0.6) is 0 Å². The average Bonchev–Trinajstić information content (AvgIpc) is 2.59. The van der Waals surface area contributed by atoms with Gasteiger partial charge in [-0.25, -0.2) is 0 Å². The van der Waals surface area contributed by atoms with E-state index >= 15 is 0 Å². The minimum atomic E-state index is 0.334. The first-order valence-electron chi connectivity index (χ1n) is 7.85. The molecule has 1 aromatic carbocycles. The number of anilines is 1. The van der Waals surface area contributed by atoms with Crippen LogP contribution in [0.25, 0.3) is 0 Å². The van der Waals surface area contributed by atoms with Crippen molar-refractivity contribution in [3.8, 4) is 6.07 Å². The van der Waals surface area contributed by atoms with Crippen LogP contribution in [0, 0.1) is 11.3 Å². The van der Waals surface area contributed by atoms with Gasteiger partial charge in [0, 0.05) is 26.2 Å². The number of hydrogen-bond acceptors (Lipinski definition) is 6. The molecule has 0 atom stereocenters. The summed E-state index contributed by atoms with van der Waals surface area (Å²) in [5.41, 5.74) is 8.07. The highest BCUT2D eigenvalue weighted by atomic mass is 16.1. The van der Waals surface area contributed by atoms with Crippen molar-refractivity contribution in [2.75, 3.05) is 38.1 Å². The normalized spacial score (nSPS) is 16.4. The number of aliphatic imine (C=N–C) groups is 1. The first-order chi connectivity index (χ1) is 11.1. The Kier molecular flexibility index (Phi) is 6.27. The molecule has 1 fully saturated rings. The number of nitrogens with zero attached hydrogens (tertiary/aromatic N) is 4. The average molecular weight is 313 g/mol. The van der Waals surface area contributed by atoms with Crippen molar-refractivity contribution in [2.45, 2.75) is 18.9 Å². The molecular weight excluding hydrogens is 290 g/mol. The summed E-state index contributed by atoms with van der Waals surface area (Å²) in [6.45, 7) is 3.83. The summed E-state index contributed by atoms with van der Waals surface area (Å²) in [6.07, 6.45) is 3.97. The summed E-state index contributed by atoms with van der Waals surface area (Å²) >= 11 is 0. The van der Waals surface area contributed by atoms with Gasteiger partial charge in [-0.15, -0.1) is 0 Å². The number of piperidine rings is 1. The molecule has 6 heteroatoms. The van der Waals surface area contributed by atoms with Crippen LogP contribution < -0.4 is 10.6 Å². The largest absolute Gasteiger partial charge is 0.372 e. The van der Waals surface area contributed by atoms with E-state index < -0.39 is 0 Å². The Balaban J connectivity index is 2.04. The monoisotopic (exact) mass is 313 g/mol. The van der Waals surface area contributed by atoms with Crippen LogP contribution in [0.3, 0.4) is 0 Å². The molecule has 1 aliphatic rings. The van der Waals surface area contributed by atoms with Crippen molar-refractivity contribution in [1.82, 2.24) is 4.90 Å². The van der Waals surface area contributed by atoms with E-state index in [9.17, 15) is 4.79 Å². The maximum atomic E-state index is 10.5. The molecule has 6 nitrogen and oxygen atoms in total. The number of likely N-dealkylation sites (tertiary alicyclic amines) is 1. The Hall–Kier alpha value is -2.23. The van der Waals surface area contributed by atoms with Gasteiger partial charge in [0.1, 0.15) is 0 Å². The molecule has 0 amide bonds. The number of nitrogens with two attached hydrogens (primary N) is 1. The van der Waals surface area contributed by atoms with E-state index in [1.165, 1.54) is 6.21 Å². The van der Waals surface area contributed by atoms with Crippen molar-refractivity contribution in [3.05, 3.63) is 23.8 Å². The van der Waals surface area contributed by atoms with Gasteiger partial charge in [0.2, 0.25) is 0 Å². The van der Waals surface area contributed by atoms with Crippen LogP contribution in [0.1, 0.15) is 18.4 Å². The van der Waals surface area contributed by atoms with Crippen molar-refractivity contribution < 1.29 is 4.79 Å². The Bertz CT molecular complexity index is 599. The van der Waals surface area contributed by atoms with Crippen molar-refractivity contribution in [1.29, 1.82) is 5.26 Å². The fourth-order valence-electron chi connectivity index (χ4n) is 2.71. The molecule has 0 unspecified atom stereocenters. The van der Waals surface area contributed by atoms with Crippen LogP contribution in [0.4, 0.5) is 11.4 Å². The quantitative estimate of drug-likeness (QED) is 0.632. The van der Waals surface area contributed by atoms with Gasteiger partial charge in [0.15, 0.2) is 6.29 Å². The molecule has 0 spiro atoms. The zero-order valence-electron chi connectivity index (χ0n) is 13.5. The lowest BCUT2D eigenvalue weighted by Gasteiger charge is -2.32. The molecule has 2 N–H and O–H groups in total. The standard InChI is InChI=1S/C17H23N5O/c1-21(9-10-22-7-4-15(19)5-8-22)17-12-14(13-18)2-3-16(17)20-6-11-23/h2-3,6,11-12,15H,4-5,7-10,19H2,1H3. The van der Waals surface area contributed by atoms with Crippen LogP contribution in [0.15, 0.2) is 23.2 Å². The Morgan fingerprint density at radius 3 is 2.87 bits per heavy atom. The number of likely N-dealkylation sites (N-methyl/N-ethyl adjacent to an activating group) is 1. The zero-order chi connectivity index (χ0) is 16.7. The Morgan fingerprint density at radius 1 is 1.48 bits per heavy atom. The highest BCUT2D eigenvalue weighted by Gasteiger charge is 2.16. The summed E-state index contributed by atoms with van der Waals surface area (Å²) in [4.78, 5) is 19.1. The fourth-order valence-corrected chi connectivity index (χ4v) is 2.71. The second-order valence-corrected chi connectivity index (χ2v) is 5.83. The maximum Gasteiger partial charge on any atom is 0.161 e. The van der Waals surface area contributed by atoms with Crippen LogP contribution in [-0.4, -0.2) is 56.7 Å². The molecule has 1 heterocycles. The van der Waals surface area contributed by atoms with E-state index in [1.54, 1.807) is 12.1 Å². The molecule has 2 rings (SSSR count). The summed E-state index contributed by atoms with van der Waals surface area (Å²) < 4.78 is 0. The predicted molar refractivity (Wildman–Crippen MR) is 92.3 cm³/mol. The van der Waals surface area contributed by atoms with E-state index in [2.05, 4.69) is 20.9 Å². The minimum absolute atomic E-state index is 0.334. The van der Waals surface area contributed by atoms with Crippen molar-refractivity contribution >= 4 is 23.9 Å². The second-order valence-electron chi connectivity index (χ2n) is 5.83. The summed E-state index contributed by atoms with van der Waals surface area (Å²) in [5.74, 6) is 0. The number of benzene rings is 1. The third-order valence-corrected chi connectivity index (χ3v) is 4.17. The van der Waals surface area contributed by atoms with Crippen LogP contribution >= 0.6 is 0 Å². The smallest absolute Gasteiger partial charge is 0.161 e. The fraction of sp³-hybridized carbons (Fsp3) is 0.471. The number of aldehydes is 1. The molecule has 23 heavy (non-hydrogen) atoms. The minimum Gasteiger partial charge on any atom is -0.372 e. The molecule has 1 saturated heterocycles. The predicted octanol–water partition coefficient (Wildman–Crippen LogP) is 1.32. The molecule has 0 bridgehead atoms. The van der Waals surface area contributed by atoms with E-state index in [4.69, 9.17) is 11.0 Å². The van der Waals surface area contributed by atoms with Gasteiger partial charge in [0.05, 0.1) is 29.2 Å². The number of carbonyl (C=O) groups excluding carboxylic acids is 1. The van der Waals surface area contributed by atoms with E-state index in [1.807, 2.05) is 13.1 Å². The van der Waals surface area contributed by atoms with Crippen LogP contribution in [-0.2, 0) is 4.79 Å². The number of hydrogen-bond donors (Lipinski definition) is 1. The number of nitriles is 1. The number of rotatable bonds is 6. The topological polar surface area (TPSA) is 85.7 Å². The molecule has 0 saturated carbocycles. The van der Waals surface area contributed by atoms with E-state index in [0.29, 0.717) is 23.6 Å². The molecule has 1 aromatic rings. The van der Waals surface area contributed by atoms with E-state index in [0.717, 1.165) is 44.7 Å². The molecular formula is C17H23N5O.